The van der Waals surface area contributed by atoms with Gasteiger partial charge in [0.2, 0.25) is 5.91 Å². The summed E-state index contributed by atoms with van der Waals surface area (Å²) in [6, 6.07) is 14.6. The van der Waals surface area contributed by atoms with E-state index in [2.05, 4.69) is 10.4 Å². The highest BCUT2D eigenvalue weighted by Gasteiger charge is 2.32. The molecule has 0 spiro atoms. The molecule has 0 saturated heterocycles. The first-order valence-corrected chi connectivity index (χ1v) is 8.76. The van der Waals surface area contributed by atoms with Gasteiger partial charge in [0.15, 0.2) is 0 Å². The molecule has 29 heavy (non-hydrogen) atoms. The lowest BCUT2D eigenvalue weighted by Crippen LogP contribution is -2.47. The van der Waals surface area contributed by atoms with Crippen molar-refractivity contribution in [3.05, 3.63) is 82.4 Å². The van der Waals surface area contributed by atoms with Gasteiger partial charge in [0.1, 0.15) is 11.4 Å². The van der Waals surface area contributed by atoms with E-state index in [1.807, 2.05) is 0 Å². The highest BCUT2D eigenvalue weighted by molar-refractivity contribution is 5.97. The number of hydrogen-bond acceptors (Lipinski definition) is 4. The Morgan fingerprint density at radius 3 is 2.21 bits per heavy atom. The lowest BCUT2D eigenvalue weighted by Gasteiger charge is -2.25. The fraction of sp³-hybridized carbons (Fsp3) is 0.143. The lowest BCUT2D eigenvalue weighted by molar-refractivity contribution is -0.123. The molecule has 0 unspecified atom stereocenters. The van der Waals surface area contributed by atoms with Gasteiger partial charge in [-0.1, -0.05) is 0 Å². The predicted octanol–water partition coefficient (Wildman–Crippen LogP) is 2.52. The van der Waals surface area contributed by atoms with Crippen LogP contribution >= 0.6 is 0 Å². The van der Waals surface area contributed by atoms with E-state index >= 15 is 0 Å². The first kappa shape index (κ1) is 19.9. The standard InChI is InChI=1S/C21H19FN4O3/c1-21(2,20(29)24-16-9-5-14(6-10-16)19(23)28)26-18(27)12-11-17(25-26)13-3-7-15(22)8-4-13/h3-12H,1-2H3,(H2,23,28)(H,24,29). The zero-order chi connectivity index (χ0) is 21.2. The number of carbonyl (C=O) groups excluding carboxylic acids is 2. The number of halogens is 1. The molecule has 148 valence electrons. The third kappa shape index (κ3) is 4.21. The maximum absolute atomic E-state index is 13.2. The van der Waals surface area contributed by atoms with Crippen LogP contribution in [0.1, 0.15) is 24.2 Å². The first-order valence-electron chi connectivity index (χ1n) is 8.76. The molecule has 0 fully saturated rings. The fourth-order valence-electron chi connectivity index (χ4n) is 2.68. The molecule has 8 heteroatoms. The molecule has 2 aromatic carbocycles. The van der Waals surface area contributed by atoms with Crippen LogP contribution in [-0.2, 0) is 10.3 Å². The Hall–Kier alpha value is -3.81. The van der Waals surface area contributed by atoms with Crippen LogP contribution in [0.2, 0.25) is 0 Å². The SMILES string of the molecule is CC(C)(C(=O)Nc1ccc(C(N)=O)cc1)n1nc(-c2ccc(F)cc2)ccc1=O. The molecule has 1 aromatic heterocycles. The number of benzene rings is 2. The Bertz CT molecular complexity index is 1120. The molecule has 2 amide bonds. The first-order chi connectivity index (χ1) is 13.7. The molecule has 0 atom stereocenters. The van der Waals surface area contributed by atoms with Gasteiger partial charge in [0, 0.05) is 22.9 Å². The fourth-order valence-corrected chi connectivity index (χ4v) is 2.68. The molecule has 0 aliphatic rings. The minimum Gasteiger partial charge on any atom is -0.366 e. The molecular formula is C21H19FN4O3. The largest absolute Gasteiger partial charge is 0.366 e. The van der Waals surface area contributed by atoms with Crippen molar-refractivity contribution in [3.63, 3.8) is 0 Å². The number of carbonyl (C=O) groups is 2. The monoisotopic (exact) mass is 394 g/mol. The Morgan fingerprint density at radius 2 is 1.62 bits per heavy atom. The van der Waals surface area contributed by atoms with Crippen molar-refractivity contribution >= 4 is 17.5 Å². The highest BCUT2D eigenvalue weighted by Crippen LogP contribution is 2.20. The van der Waals surface area contributed by atoms with E-state index in [-0.39, 0.29) is 5.82 Å². The maximum Gasteiger partial charge on any atom is 0.267 e. The van der Waals surface area contributed by atoms with Crippen molar-refractivity contribution in [1.82, 2.24) is 9.78 Å². The summed E-state index contributed by atoms with van der Waals surface area (Å²) >= 11 is 0. The van der Waals surface area contributed by atoms with Crippen LogP contribution in [0.25, 0.3) is 11.3 Å². The molecule has 0 aliphatic heterocycles. The van der Waals surface area contributed by atoms with Crippen LogP contribution in [0.5, 0.6) is 0 Å². The zero-order valence-electron chi connectivity index (χ0n) is 15.8. The second-order valence-corrected chi connectivity index (χ2v) is 6.93. The Morgan fingerprint density at radius 1 is 1.00 bits per heavy atom. The molecule has 0 bridgehead atoms. The van der Waals surface area contributed by atoms with Crippen molar-refractivity contribution in [2.24, 2.45) is 5.73 Å². The minimum absolute atomic E-state index is 0.312. The van der Waals surface area contributed by atoms with Crippen LogP contribution in [-0.4, -0.2) is 21.6 Å². The van der Waals surface area contributed by atoms with Gasteiger partial charge >= 0.3 is 0 Å². The minimum atomic E-state index is -1.32. The van der Waals surface area contributed by atoms with Crippen molar-refractivity contribution < 1.29 is 14.0 Å². The van der Waals surface area contributed by atoms with Crippen molar-refractivity contribution in [3.8, 4) is 11.3 Å². The van der Waals surface area contributed by atoms with E-state index in [9.17, 15) is 18.8 Å². The number of nitrogens with two attached hydrogens (primary N) is 1. The van der Waals surface area contributed by atoms with Gasteiger partial charge < -0.3 is 11.1 Å². The van der Waals surface area contributed by atoms with E-state index < -0.39 is 22.9 Å². The number of amides is 2. The van der Waals surface area contributed by atoms with Crippen molar-refractivity contribution in [2.75, 3.05) is 5.32 Å². The maximum atomic E-state index is 13.2. The summed E-state index contributed by atoms with van der Waals surface area (Å²) in [5.74, 6) is -1.43. The number of rotatable bonds is 5. The molecule has 3 rings (SSSR count). The number of nitrogens with one attached hydrogen (secondary N) is 1. The van der Waals surface area contributed by atoms with Crippen LogP contribution in [0, 0.1) is 5.82 Å². The van der Waals surface area contributed by atoms with E-state index in [1.54, 1.807) is 38.1 Å². The van der Waals surface area contributed by atoms with Crippen LogP contribution < -0.4 is 16.6 Å². The van der Waals surface area contributed by atoms with Gasteiger partial charge in [-0.05, 0) is 68.4 Å². The number of anilines is 1. The molecule has 7 nitrogen and oxygen atoms in total. The Labute approximate surface area is 166 Å². The molecule has 0 saturated carbocycles. The second-order valence-electron chi connectivity index (χ2n) is 6.93. The van der Waals surface area contributed by atoms with Crippen molar-refractivity contribution in [1.29, 1.82) is 0 Å². The summed E-state index contributed by atoms with van der Waals surface area (Å²) in [7, 11) is 0. The van der Waals surface area contributed by atoms with Crippen LogP contribution in [0.15, 0.2) is 65.5 Å². The third-order valence-corrected chi connectivity index (χ3v) is 4.45. The summed E-state index contributed by atoms with van der Waals surface area (Å²) in [5.41, 5.74) is 5.21. The smallest absolute Gasteiger partial charge is 0.267 e. The van der Waals surface area contributed by atoms with E-state index in [0.717, 1.165) is 4.68 Å². The third-order valence-electron chi connectivity index (χ3n) is 4.45. The van der Waals surface area contributed by atoms with Crippen molar-refractivity contribution in [2.45, 2.75) is 19.4 Å². The van der Waals surface area contributed by atoms with Gasteiger partial charge in [-0.15, -0.1) is 0 Å². The normalized spacial score (nSPS) is 11.1. The molecule has 3 N–H and O–H groups in total. The van der Waals surface area contributed by atoms with E-state index in [1.165, 1.54) is 36.4 Å². The topological polar surface area (TPSA) is 107 Å². The average molecular weight is 394 g/mol. The van der Waals surface area contributed by atoms with Crippen LogP contribution in [0.4, 0.5) is 10.1 Å². The number of hydrogen-bond donors (Lipinski definition) is 2. The average Bonchev–Trinajstić information content (AvgIpc) is 2.69. The molecule has 0 radical (unpaired) electrons. The summed E-state index contributed by atoms with van der Waals surface area (Å²) in [6.07, 6.45) is 0. The molecule has 1 heterocycles. The van der Waals surface area contributed by atoms with Crippen LogP contribution in [0.3, 0.4) is 0 Å². The van der Waals surface area contributed by atoms with E-state index in [4.69, 9.17) is 5.73 Å². The summed E-state index contributed by atoms with van der Waals surface area (Å²) in [4.78, 5) is 36.4. The number of primary amides is 1. The summed E-state index contributed by atoms with van der Waals surface area (Å²) in [5, 5.41) is 7.00. The number of aromatic nitrogens is 2. The molecular weight excluding hydrogens is 375 g/mol. The van der Waals surface area contributed by atoms with Gasteiger partial charge in [0.25, 0.3) is 11.5 Å². The van der Waals surface area contributed by atoms with Gasteiger partial charge in [-0.25, -0.2) is 9.07 Å². The molecule has 0 aliphatic carbocycles. The summed E-state index contributed by atoms with van der Waals surface area (Å²) in [6.45, 7) is 3.12. The summed E-state index contributed by atoms with van der Waals surface area (Å²) < 4.78 is 14.2. The Balaban J connectivity index is 1.90. The highest BCUT2D eigenvalue weighted by atomic mass is 19.1. The van der Waals surface area contributed by atoms with Gasteiger partial charge in [-0.3, -0.25) is 14.4 Å². The lowest BCUT2D eigenvalue weighted by atomic mass is 10.0. The van der Waals surface area contributed by atoms with Gasteiger partial charge in [0.05, 0.1) is 5.69 Å². The quantitative estimate of drug-likeness (QED) is 0.693. The predicted molar refractivity (Wildman–Crippen MR) is 107 cm³/mol. The zero-order valence-corrected chi connectivity index (χ0v) is 15.8. The number of nitrogens with zero attached hydrogens (tertiary/aromatic N) is 2. The second kappa shape index (κ2) is 7.67. The van der Waals surface area contributed by atoms with Gasteiger partial charge in [-0.2, -0.15) is 5.10 Å². The van der Waals surface area contributed by atoms with E-state index in [0.29, 0.717) is 22.5 Å². The Kier molecular flexibility index (Phi) is 5.27. The molecule has 3 aromatic rings.